The molecule has 0 aliphatic heterocycles. The van der Waals surface area contributed by atoms with Gasteiger partial charge in [0.2, 0.25) is 5.28 Å². The zero-order valence-corrected chi connectivity index (χ0v) is 13.9. The lowest BCUT2D eigenvalue weighted by molar-refractivity contribution is -0.137. The van der Waals surface area contributed by atoms with Crippen molar-refractivity contribution in [2.24, 2.45) is 7.05 Å². The first kappa shape index (κ1) is 16.1. The molecule has 5 nitrogen and oxygen atoms in total. The van der Waals surface area contributed by atoms with Gasteiger partial charge in [-0.1, -0.05) is 12.1 Å². The Balaban J connectivity index is 1.69. The smallest absolute Gasteiger partial charge is 0.360 e. The molecule has 0 spiro atoms. The largest absolute Gasteiger partial charge is 0.416 e. The highest BCUT2D eigenvalue weighted by atomic mass is 35.5. The Labute approximate surface area is 145 Å². The van der Waals surface area contributed by atoms with E-state index < -0.39 is 17.3 Å². The Kier molecular flexibility index (Phi) is 3.44. The number of aromatic nitrogens is 4. The van der Waals surface area contributed by atoms with Crippen molar-refractivity contribution < 1.29 is 13.2 Å². The number of alkyl halides is 3. The van der Waals surface area contributed by atoms with Crippen LogP contribution in [0.25, 0.3) is 11.0 Å². The first-order chi connectivity index (χ1) is 11.8. The van der Waals surface area contributed by atoms with E-state index in [2.05, 4.69) is 20.4 Å². The van der Waals surface area contributed by atoms with Crippen molar-refractivity contribution in [3.63, 3.8) is 0 Å². The first-order valence-corrected chi connectivity index (χ1v) is 7.97. The van der Waals surface area contributed by atoms with Crippen LogP contribution in [0, 0.1) is 0 Å². The third-order valence-corrected chi connectivity index (χ3v) is 4.61. The fourth-order valence-electron chi connectivity index (χ4n) is 2.91. The lowest BCUT2D eigenvalue weighted by atomic mass is 10.0. The van der Waals surface area contributed by atoms with Gasteiger partial charge in [-0.15, -0.1) is 0 Å². The van der Waals surface area contributed by atoms with Crippen LogP contribution in [0.2, 0.25) is 5.28 Å². The van der Waals surface area contributed by atoms with Crippen molar-refractivity contribution in [1.82, 2.24) is 19.7 Å². The van der Waals surface area contributed by atoms with Gasteiger partial charge in [-0.25, -0.2) is 0 Å². The Morgan fingerprint density at radius 1 is 1.16 bits per heavy atom. The summed E-state index contributed by atoms with van der Waals surface area (Å²) in [6, 6.07) is 5.21. The van der Waals surface area contributed by atoms with Crippen LogP contribution in [-0.2, 0) is 18.8 Å². The fourth-order valence-corrected chi connectivity index (χ4v) is 3.07. The minimum Gasteiger partial charge on any atom is -0.360 e. The number of anilines is 1. The van der Waals surface area contributed by atoms with Crippen molar-refractivity contribution in [1.29, 1.82) is 0 Å². The number of benzene rings is 1. The van der Waals surface area contributed by atoms with Crippen molar-refractivity contribution in [3.05, 3.63) is 46.9 Å². The quantitative estimate of drug-likeness (QED) is 0.707. The van der Waals surface area contributed by atoms with Crippen LogP contribution in [0.3, 0.4) is 0 Å². The van der Waals surface area contributed by atoms with E-state index in [0.29, 0.717) is 16.9 Å². The van der Waals surface area contributed by atoms with Gasteiger partial charge in [0, 0.05) is 7.05 Å². The molecule has 1 aliphatic rings. The van der Waals surface area contributed by atoms with Crippen LogP contribution in [-0.4, -0.2) is 19.7 Å². The minimum absolute atomic E-state index is 0.0850. The van der Waals surface area contributed by atoms with E-state index in [0.717, 1.165) is 30.5 Å². The van der Waals surface area contributed by atoms with E-state index >= 15 is 0 Å². The maximum absolute atomic E-state index is 12.7. The van der Waals surface area contributed by atoms with Crippen LogP contribution >= 0.6 is 11.6 Å². The molecule has 0 amide bonds. The molecule has 4 rings (SSSR count). The molecule has 1 saturated carbocycles. The normalized spacial score (nSPS) is 16.2. The molecule has 1 N–H and O–H groups in total. The van der Waals surface area contributed by atoms with Gasteiger partial charge in [0.05, 0.1) is 22.7 Å². The number of nitrogens with one attached hydrogen (secondary N) is 1. The lowest BCUT2D eigenvalue weighted by Gasteiger charge is -2.20. The van der Waals surface area contributed by atoms with E-state index in [1.807, 2.05) is 0 Å². The summed E-state index contributed by atoms with van der Waals surface area (Å²) in [7, 11) is 1.75. The summed E-state index contributed by atoms with van der Waals surface area (Å²) < 4.78 is 39.8. The number of fused-ring (bicyclic) bond motifs is 1. The zero-order valence-electron chi connectivity index (χ0n) is 13.1. The summed E-state index contributed by atoms with van der Waals surface area (Å²) in [6.07, 6.45) is -1.12. The molecular weight excluding hydrogens is 355 g/mol. The number of aryl methyl sites for hydroxylation is 1. The highest BCUT2D eigenvalue weighted by molar-refractivity contribution is 6.28. The highest BCUT2D eigenvalue weighted by Gasteiger charge is 2.45. The molecule has 130 valence electrons. The Morgan fingerprint density at radius 3 is 2.44 bits per heavy atom. The third kappa shape index (κ3) is 2.80. The highest BCUT2D eigenvalue weighted by Crippen LogP contribution is 2.49. The molecule has 1 aromatic carbocycles. The third-order valence-electron chi connectivity index (χ3n) is 4.44. The minimum atomic E-state index is -4.34. The maximum atomic E-state index is 12.7. The van der Waals surface area contributed by atoms with Crippen LogP contribution < -0.4 is 5.32 Å². The van der Waals surface area contributed by atoms with Gasteiger partial charge in [0.1, 0.15) is 5.82 Å². The van der Waals surface area contributed by atoms with Gasteiger partial charge < -0.3 is 5.32 Å². The molecular formula is C16H13ClF3N5. The second-order valence-electron chi connectivity index (χ2n) is 6.13. The van der Waals surface area contributed by atoms with Crippen LogP contribution in [0.4, 0.5) is 19.0 Å². The predicted molar refractivity (Wildman–Crippen MR) is 87.3 cm³/mol. The van der Waals surface area contributed by atoms with Gasteiger partial charge in [-0.2, -0.15) is 28.2 Å². The summed E-state index contributed by atoms with van der Waals surface area (Å²) in [4.78, 5) is 8.38. The van der Waals surface area contributed by atoms with E-state index in [9.17, 15) is 13.2 Å². The summed E-state index contributed by atoms with van der Waals surface area (Å²) in [5.74, 6) is 0.528. The number of hydrogen-bond acceptors (Lipinski definition) is 4. The number of halogens is 4. The lowest BCUT2D eigenvalue weighted by Crippen LogP contribution is -2.20. The van der Waals surface area contributed by atoms with Gasteiger partial charge >= 0.3 is 6.18 Å². The molecule has 0 unspecified atom stereocenters. The second-order valence-corrected chi connectivity index (χ2v) is 6.47. The van der Waals surface area contributed by atoms with E-state index in [4.69, 9.17) is 11.6 Å². The van der Waals surface area contributed by atoms with E-state index in [-0.39, 0.29) is 5.28 Å². The molecule has 25 heavy (non-hydrogen) atoms. The molecule has 3 aromatic rings. The van der Waals surface area contributed by atoms with Crippen molar-refractivity contribution in [3.8, 4) is 0 Å². The van der Waals surface area contributed by atoms with Crippen molar-refractivity contribution >= 4 is 28.5 Å². The number of nitrogens with zero attached hydrogens (tertiary/aromatic N) is 4. The Hall–Kier alpha value is -2.35. The zero-order chi connectivity index (χ0) is 17.8. The molecule has 0 radical (unpaired) electrons. The van der Waals surface area contributed by atoms with Gasteiger partial charge in [0.25, 0.3) is 0 Å². The monoisotopic (exact) mass is 367 g/mol. The van der Waals surface area contributed by atoms with E-state index in [1.54, 1.807) is 17.9 Å². The van der Waals surface area contributed by atoms with Crippen molar-refractivity contribution in [2.45, 2.75) is 24.6 Å². The fraction of sp³-hybridized carbons (Fsp3) is 0.312. The molecule has 1 fully saturated rings. The van der Waals surface area contributed by atoms with Gasteiger partial charge in [-0.3, -0.25) is 4.68 Å². The second kappa shape index (κ2) is 5.32. The van der Waals surface area contributed by atoms with Crippen LogP contribution in [0.5, 0.6) is 0 Å². The van der Waals surface area contributed by atoms with Crippen LogP contribution in [0.15, 0.2) is 30.5 Å². The molecule has 0 bridgehead atoms. The molecule has 0 atom stereocenters. The Morgan fingerprint density at radius 2 is 1.84 bits per heavy atom. The molecule has 2 heterocycles. The average molecular weight is 368 g/mol. The molecule has 9 heteroatoms. The standard InChI is InChI=1S/C16H13ClF3N5/c1-25-13-11(8-21-25)12(22-14(17)23-13)24-15(6-7-15)9-2-4-10(5-3-9)16(18,19)20/h2-5,8H,6-7H2,1H3,(H,22,23,24). The number of hydrogen-bond donors (Lipinski definition) is 1. The molecule has 2 aromatic heterocycles. The SMILES string of the molecule is Cn1ncc2c(NC3(c4ccc(C(F)(F)F)cc4)CC3)nc(Cl)nc21. The molecule has 1 aliphatic carbocycles. The van der Waals surface area contributed by atoms with Crippen LogP contribution in [0.1, 0.15) is 24.0 Å². The van der Waals surface area contributed by atoms with Gasteiger partial charge in [-0.05, 0) is 42.1 Å². The Bertz CT molecular complexity index is 945. The summed E-state index contributed by atoms with van der Waals surface area (Å²) >= 11 is 5.99. The summed E-state index contributed by atoms with van der Waals surface area (Å²) in [5, 5.41) is 8.28. The number of rotatable bonds is 3. The summed E-state index contributed by atoms with van der Waals surface area (Å²) in [5.41, 5.74) is 0.273. The van der Waals surface area contributed by atoms with E-state index in [1.165, 1.54) is 12.1 Å². The molecule has 0 saturated heterocycles. The first-order valence-electron chi connectivity index (χ1n) is 7.60. The van der Waals surface area contributed by atoms with Gasteiger partial charge in [0.15, 0.2) is 5.65 Å². The summed E-state index contributed by atoms with van der Waals surface area (Å²) in [6.45, 7) is 0. The maximum Gasteiger partial charge on any atom is 0.416 e. The topological polar surface area (TPSA) is 55.6 Å². The predicted octanol–water partition coefficient (Wildman–Crippen LogP) is 4.14. The average Bonchev–Trinajstić information content (AvgIpc) is 3.24. The van der Waals surface area contributed by atoms with Crippen molar-refractivity contribution in [2.75, 3.05) is 5.32 Å².